The number of nitrogens with one attached hydrogen (secondary N) is 1. The Morgan fingerprint density at radius 2 is 1.73 bits per heavy atom. The zero-order chi connectivity index (χ0) is 18.7. The Balaban J connectivity index is 2.04. The number of fused-ring (bicyclic) bond motifs is 1. The van der Waals surface area contributed by atoms with Crippen LogP contribution in [0.25, 0.3) is 11.0 Å². The summed E-state index contributed by atoms with van der Waals surface area (Å²) in [5, 5.41) is 3.53. The number of para-hydroxylation sites is 2. The Hall–Kier alpha value is -3.08. The van der Waals surface area contributed by atoms with Crippen LogP contribution in [0.2, 0.25) is 0 Å². The maximum atomic E-state index is 12.8. The first kappa shape index (κ1) is 17.7. The zero-order valence-electron chi connectivity index (χ0n) is 15.1. The van der Waals surface area contributed by atoms with E-state index in [0.717, 1.165) is 29.7 Å². The number of carbonyl (C=O) groups excluding carboxylic acids is 1. The molecule has 1 N–H and O–H groups in total. The second kappa shape index (κ2) is 7.44. The molecule has 0 bridgehead atoms. The SMILES string of the molecule is CCc1cccc(CC)c1NC(=O)c1cc2cccc(OC)c2oc1=O. The third-order valence-electron chi connectivity index (χ3n) is 4.43. The molecule has 134 valence electrons. The number of anilines is 1. The third kappa shape index (κ3) is 3.20. The van der Waals surface area contributed by atoms with Crippen molar-refractivity contribution in [1.29, 1.82) is 0 Å². The van der Waals surface area contributed by atoms with Gasteiger partial charge in [0, 0.05) is 11.1 Å². The van der Waals surface area contributed by atoms with E-state index >= 15 is 0 Å². The van der Waals surface area contributed by atoms with Crippen molar-refractivity contribution in [1.82, 2.24) is 0 Å². The van der Waals surface area contributed by atoms with Gasteiger partial charge in [-0.25, -0.2) is 4.79 Å². The van der Waals surface area contributed by atoms with Crippen molar-refractivity contribution < 1.29 is 13.9 Å². The van der Waals surface area contributed by atoms with Gasteiger partial charge in [-0.1, -0.05) is 44.2 Å². The first-order valence-electron chi connectivity index (χ1n) is 8.62. The maximum Gasteiger partial charge on any atom is 0.349 e. The summed E-state index contributed by atoms with van der Waals surface area (Å²) >= 11 is 0. The number of methoxy groups -OCH3 is 1. The molecule has 1 aromatic heterocycles. The third-order valence-corrected chi connectivity index (χ3v) is 4.43. The lowest BCUT2D eigenvalue weighted by Gasteiger charge is -2.14. The van der Waals surface area contributed by atoms with Crippen molar-refractivity contribution in [3.05, 3.63) is 69.6 Å². The Kier molecular flexibility index (Phi) is 5.07. The number of carbonyl (C=O) groups is 1. The number of ether oxygens (including phenoxy) is 1. The highest BCUT2D eigenvalue weighted by Crippen LogP contribution is 2.26. The number of benzene rings is 2. The van der Waals surface area contributed by atoms with Crippen molar-refractivity contribution in [2.75, 3.05) is 12.4 Å². The number of hydrogen-bond donors (Lipinski definition) is 1. The van der Waals surface area contributed by atoms with Gasteiger partial charge in [0.05, 0.1) is 7.11 Å². The van der Waals surface area contributed by atoms with Crippen LogP contribution in [-0.4, -0.2) is 13.0 Å². The standard InChI is InChI=1S/C21H21NO4/c1-4-13-8-6-9-14(5-2)18(13)22-20(23)16-12-15-10-7-11-17(25-3)19(15)26-21(16)24/h6-12H,4-5H2,1-3H3,(H,22,23). The van der Waals surface area contributed by atoms with E-state index in [0.29, 0.717) is 16.7 Å². The molecule has 0 saturated heterocycles. The van der Waals surface area contributed by atoms with Crippen molar-refractivity contribution in [2.45, 2.75) is 26.7 Å². The molecule has 0 spiro atoms. The minimum Gasteiger partial charge on any atom is -0.493 e. The largest absolute Gasteiger partial charge is 0.493 e. The highest BCUT2D eigenvalue weighted by Gasteiger charge is 2.17. The fourth-order valence-corrected chi connectivity index (χ4v) is 3.02. The number of aryl methyl sites for hydroxylation is 2. The van der Waals surface area contributed by atoms with Crippen LogP contribution < -0.4 is 15.7 Å². The Morgan fingerprint density at radius 1 is 1.08 bits per heavy atom. The molecule has 1 heterocycles. The monoisotopic (exact) mass is 351 g/mol. The highest BCUT2D eigenvalue weighted by atomic mass is 16.5. The van der Waals surface area contributed by atoms with E-state index in [1.54, 1.807) is 24.3 Å². The molecular formula is C21H21NO4. The fourth-order valence-electron chi connectivity index (χ4n) is 3.02. The van der Waals surface area contributed by atoms with Crippen LogP contribution in [0, 0.1) is 0 Å². The van der Waals surface area contributed by atoms with E-state index in [2.05, 4.69) is 5.32 Å². The van der Waals surface area contributed by atoms with Gasteiger partial charge in [-0.2, -0.15) is 0 Å². The summed E-state index contributed by atoms with van der Waals surface area (Å²) in [5.41, 5.74) is 2.45. The molecule has 0 radical (unpaired) electrons. The predicted molar refractivity (Wildman–Crippen MR) is 102 cm³/mol. The number of rotatable bonds is 5. The molecule has 2 aromatic carbocycles. The molecule has 0 atom stereocenters. The molecule has 0 fully saturated rings. The van der Waals surface area contributed by atoms with Gasteiger partial charge in [-0.15, -0.1) is 0 Å². The van der Waals surface area contributed by atoms with Gasteiger partial charge in [0.2, 0.25) is 0 Å². The highest BCUT2D eigenvalue weighted by molar-refractivity contribution is 6.06. The van der Waals surface area contributed by atoms with E-state index in [-0.39, 0.29) is 5.56 Å². The molecule has 3 rings (SSSR count). The molecular weight excluding hydrogens is 330 g/mol. The predicted octanol–water partition coefficient (Wildman–Crippen LogP) is 4.18. The summed E-state index contributed by atoms with van der Waals surface area (Å²) in [6.45, 7) is 4.06. The fraction of sp³-hybridized carbons (Fsp3) is 0.238. The van der Waals surface area contributed by atoms with Crippen LogP contribution in [0.5, 0.6) is 5.75 Å². The Bertz CT molecular complexity index is 998. The minimum absolute atomic E-state index is 0.0290. The number of amides is 1. The normalized spacial score (nSPS) is 10.7. The Labute approximate surface area is 151 Å². The van der Waals surface area contributed by atoms with E-state index in [4.69, 9.17) is 9.15 Å². The van der Waals surface area contributed by atoms with Gasteiger partial charge in [0.25, 0.3) is 5.91 Å². The summed E-state index contributed by atoms with van der Waals surface area (Å²) in [6.07, 6.45) is 1.57. The smallest absolute Gasteiger partial charge is 0.349 e. The van der Waals surface area contributed by atoms with Crippen LogP contribution in [-0.2, 0) is 12.8 Å². The van der Waals surface area contributed by atoms with Gasteiger partial charge in [-0.05, 0) is 36.1 Å². The quantitative estimate of drug-likeness (QED) is 0.700. The summed E-state index contributed by atoms with van der Waals surface area (Å²) in [7, 11) is 1.50. The molecule has 0 unspecified atom stereocenters. The molecule has 1 amide bonds. The van der Waals surface area contributed by atoms with Gasteiger partial charge in [-0.3, -0.25) is 4.79 Å². The van der Waals surface area contributed by atoms with Crippen LogP contribution in [0.15, 0.2) is 51.7 Å². The minimum atomic E-state index is -0.688. The van der Waals surface area contributed by atoms with E-state index in [1.807, 2.05) is 32.0 Å². The van der Waals surface area contributed by atoms with Crippen molar-refractivity contribution in [3.63, 3.8) is 0 Å². The lowest BCUT2D eigenvalue weighted by molar-refractivity contribution is 0.102. The van der Waals surface area contributed by atoms with Crippen LogP contribution in [0.1, 0.15) is 35.3 Å². The van der Waals surface area contributed by atoms with Gasteiger partial charge in [0.15, 0.2) is 11.3 Å². The first-order valence-corrected chi connectivity index (χ1v) is 8.62. The maximum absolute atomic E-state index is 12.8. The van der Waals surface area contributed by atoms with Gasteiger partial charge < -0.3 is 14.5 Å². The molecule has 0 aliphatic rings. The van der Waals surface area contributed by atoms with Crippen molar-refractivity contribution >= 4 is 22.6 Å². The molecule has 5 nitrogen and oxygen atoms in total. The summed E-state index contributed by atoms with van der Waals surface area (Å²) in [5.74, 6) is -0.0183. The zero-order valence-corrected chi connectivity index (χ0v) is 15.1. The van der Waals surface area contributed by atoms with Gasteiger partial charge >= 0.3 is 5.63 Å². The van der Waals surface area contributed by atoms with Crippen LogP contribution in [0.4, 0.5) is 5.69 Å². The lowest BCUT2D eigenvalue weighted by Crippen LogP contribution is -2.22. The summed E-state index contributed by atoms with van der Waals surface area (Å²) in [4.78, 5) is 25.1. The van der Waals surface area contributed by atoms with Crippen molar-refractivity contribution in [3.8, 4) is 5.75 Å². The molecule has 3 aromatic rings. The first-order chi connectivity index (χ1) is 12.6. The van der Waals surface area contributed by atoms with E-state index < -0.39 is 11.5 Å². The van der Waals surface area contributed by atoms with E-state index in [9.17, 15) is 9.59 Å². The molecule has 0 aliphatic heterocycles. The van der Waals surface area contributed by atoms with Crippen LogP contribution in [0.3, 0.4) is 0 Å². The average Bonchev–Trinajstić information content (AvgIpc) is 2.67. The number of hydrogen-bond acceptors (Lipinski definition) is 4. The van der Waals surface area contributed by atoms with Crippen LogP contribution >= 0.6 is 0 Å². The molecule has 0 saturated carbocycles. The molecule has 0 aliphatic carbocycles. The molecule has 5 heteroatoms. The lowest BCUT2D eigenvalue weighted by atomic mass is 10.0. The van der Waals surface area contributed by atoms with Crippen molar-refractivity contribution in [2.24, 2.45) is 0 Å². The second-order valence-electron chi connectivity index (χ2n) is 5.94. The second-order valence-corrected chi connectivity index (χ2v) is 5.94. The van der Waals surface area contributed by atoms with E-state index in [1.165, 1.54) is 7.11 Å². The van der Waals surface area contributed by atoms with Gasteiger partial charge in [0.1, 0.15) is 5.56 Å². The topological polar surface area (TPSA) is 68.5 Å². The summed E-state index contributed by atoms with van der Waals surface area (Å²) in [6, 6.07) is 12.7. The molecule has 26 heavy (non-hydrogen) atoms. The summed E-state index contributed by atoms with van der Waals surface area (Å²) < 4.78 is 10.6. The Morgan fingerprint density at radius 3 is 2.35 bits per heavy atom. The average molecular weight is 351 g/mol.